The van der Waals surface area contributed by atoms with Crippen LogP contribution in [-0.2, 0) is 14.9 Å². The van der Waals surface area contributed by atoms with Crippen LogP contribution in [0.3, 0.4) is 0 Å². The zero-order valence-corrected chi connectivity index (χ0v) is 17.0. The molecule has 3 rings (SSSR count). The van der Waals surface area contributed by atoms with Crippen molar-refractivity contribution in [2.24, 2.45) is 5.41 Å². The van der Waals surface area contributed by atoms with E-state index in [4.69, 9.17) is 14.2 Å². The Balaban J connectivity index is 2.01. The topological polar surface area (TPSA) is 27.7 Å². The second-order valence-electron chi connectivity index (χ2n) is 9.07. The van der Waals surface area contributed by atoms with Gasteiger partial charge in [0.15, 0.2) is 0 Å². The average Bonchev–Trinajstić information content (AvgIpc) is 2.54. The molecule has 2 unspecified atom stereocenters. The van der Waals surface area contributed by atoms with Crippen LogP contribution in [0.1, 0.15) is 65.9 Å². The largest absolute Gasteiger partial charge is 0.460 e. The summed E-state index contributed by atoms with van der Waals surface area (Å²) in [6.07, 6.45) is 3.07. The minimum atomic E-state index is -0.480. The molecule has 2 bridgehead atoms. The standard InChI is InChI=1S/C23H30O3/c1-9-18-16(12-14(2)22(3,4)5)20-25-19-11-10-15(23(6,7)8)13-17(19)21(24-18)26-20/h9-13,20-21H,2H2,1,3-8H3/b16-12+,18-9+. The SMILES string of the molecule is C=C(/C=C1\C(=C/C)OC2OC1Oc1ccc(C(C)(C)C)cc12)C(C)(C)C. The fraction of sp³-hybridized carbons (Fsp3) is 0.478. The zero-order chi connectivity index (χ0) is 19.3. The normalized spacial score (nSPS) is 25.5. The van der Waals surface area contributed by atoms with Gasteiger partial charge >= 0.3 is 0 Å². The third-order valence-corrected chi connectivity index (χ3v) is 4.94. The molecule has 0 saturated carbocycles. The molecule has 2 aliphatic rings. The van der Waals surface area contributed by atoms with E-state index in [9.17, 15) is 0 Å². The highest BCUT2D eigenvalue weighted by Gasteiger charge is 2.40. The fourth-order valence-corrected chi connectivity index (χ4v) is 2.94. The van der Waals surface area contributed by atoms with Crippen molar-refractivity contribution in [1.82, 2.24) is 0 Å². The van der Waals surface area contributed by atoms with Gasteiger partial charge in [0.2, 0.25) is 12.6 Å². The highest BCUT2D eigenvalue weighted by atomic mass is 16.8. The minimum absolute atomic E-state index is 0.0309. The third kappa shape index (κ3) is 3.45. The van der Waals surface area contributed by atoms with Crippen LogP contribution in [0.15, 0.2) is 53.8 Å². The van der Waals surface area contributed by atoms with Gasteiger partial charge in [0.25, 0.3) is 0 Å². The van der Waals surface area contributed by atoms with Gasteiger partial charge in [-0.05, 0) is 53.2 Å². The van der Waals surface area contributed by atoms with Gasteiger partial charge in [-0.2, -0.15) is 0 Å². The van der Waals surface area contributed by atoms with Crippen molar-refractivity contribution >= 4 is 0 Å². The predicted molar refractivity (Wildman–Crippen MR) is 105 cm³/mol. The number of benzene rings is 1. The van der Waals surface area contributed by atoms with Crippen molar-refractivity contribution in [1.29, 1.82) is 0 Å². The molecule has 1 aromatic rings. The first-order valence-corrected chi connectivity index (χ1v) is 9.21. The van der Waals surface area contributed by atoms with Gasteiger partial charge in [-0.15, -0.1) is 0 Å². The molecule has 0 spiro atoms. The van der Waals surface area contributed by atoms with E-state index in [0.29, 0.717) is 0 Å². The summed E-state index contributed by atoms with van der Waals surface area (Å²) < 4.78 is 18.4. The van der Waals surface area contributed by atoms with Crippen molar-refractivity contribution in [3.05, 3.63) is 65.0 Å². The van der Waals surface area contributed by atoms with Crippen LogP contribution in [0.4, 0.5) is 0 Å². The maximum atomic E-state index is 6.18. The van der Waals surface area contributed by atoms with E-state index >= 15 is 0 Å². The van der Waals surface area contributed by atoms with Gasteiger partial charge in [0.05, 0.1) is 11.1 Å². The number of rotatable bonds is 1. The van der Waals surface area contributed by atoms with Crippen molar-refractivity contribution in [2.75, 3.05) is 0 Å². The lowest BCUT2D eigenvalue weighted by Crippen LogP contribution is -2.37. The average molecular weight is 354 g/mol. The summed E-state index contributed by atoms with van der Waals surface area (Å²) >= 11 is 0. The first-order valence-electron chi connectivity index (χ1n) is 9.21. The summed E-state index contributed by atoms with van der Waals surface area (Å²) in [5.41, 5.74) is 4.09. The summed E-state index contributed by atoms with van der Waals surface area (Å²) in [5, 5.41) is 0. The molecule has 1 aromatic carbocycles. The van der Waals surface area contributed by atoms with Crippen molar-refractivity contribution in [2.45, 2.75) is 66.5 Å². The summed E-state index contributed by atoms with van der Waals surface area (Å²) in [4.78, 5) is 0. The van der Waals surface area contributed by atoms with Gasteiger partial charge < -0.3 is 9.47 Å². The van der Waals surface area contributed by atoms with Crippen LogP contribution in [0, 0.1) is 5.41 Å². The molecule has 2 heterocycles. The summed E-state index contributed by atoms with van der Waals surface area (Å²) in [6.45, 7) is 19.2. The Kier molecular flexibility index (Phi) is 4.56. The lowest BCUT2D eigenvalue weighted by Gasteiger charge is -2.40. The molecule has 0 amide bonds. The number of fused-ring (bicyclic) bond motifs is 4. The maximum absolute atomic E-state index is 6.18. The molecular weight excluding hydrogens is 324 g/mol. The van der Waals surface area contributed by atoms with Crippen LogP contribution >= 0.6 is 0 Å². The highest BCUT2D eigenvalue weighted by molar-refractivity contribution is 5.46. The van der Waals surface area contributed by atoms with Crippen LogP contribution in [0.25, 0.3) is 0 Å². The monoisotopic (exact) mass is 354 g/mol. The van der Waals surface area contributed by atoms with Crippen LogP contribution in [0.2, 0.25) is 0 Å². The second-order valence-corrected chi connectivity index (χ2v) is 9.07. The van der Waals surface area contributed by atoms with E-state index in [1.54, 1.807) is 0 Å². The molecular formula is C23H30O3. The van der Waals surface area contributed by atoms with Gasteiger partial charge in [0, 0.05) is 0 Å². The van der Waals surface area contributed by atoms with Crippen molar-refractivity contribution in [3.63, 3.8) is 0 Å². The number of hydrogen-bond donors (Lipinski definition) is 0. The molecule has 140 valence electrons. The molecule has 1 saturated heterocycles. The van der Waals surface area contributed by atoms with Gasteiger partial charge in [-0.3, -0.25) is 4.74 Å². The first kappa shape index (κ1) is 18.8. The molecule has 2 aliphatic heterocycles. The van der Waals surface area contributed by atoms with E-state index in [1.165, 1.54) is 5.56 Å². The smallest absolute Gasteiger partial charge is 0.233 e. The lowest BCUT2D eigenvalue weighted by molar-refractivity contribution is -0.233. The molecule has 3 nitrogen and oxygen atoms in total. The van der Waals surface area contributed by atoms with E-state index in [1.807, 2.05) is 25.1 Å². The molecule has 1 fully saturated rings. The number of hydrogen-bond acceptors (Lipinski definition) is 3. The molecule has 2 atom stereocenters. The Bertz CT molecular complexity index is 785. The molecule has 26 heavy (non-hydrogen) atoms. The van der Waals surface area contributed by atoms with Crippen LogP contribution in [-0.4, -0.2) is 6.29 Å². The van der Waals surface area contributed by atoms with Crippen LogP contribution < -0.4 is 4.74 Å². The first-order chi connectivity index (χ1) is 12.0. The number of allylic oxidation sites excluding steroid dienone is 3. The Labute approximate surface area is 157 Å². The lowest BCUT2D eigenvalue weighted by atomic mass is 9.85. The van der Waals surface area contributed by atoms with Gasteiger partial charge in [-0.25, -0.2) is 0 Å². The van der Waals surface area contributed by atoms with Crippen molar-refractivity contribution < 1.29 is 14.2 Å². The Morgan fingerprint density at radius 2 is 1.73 bits per heavy atom. The van der Waals surface area contributed by atoms with Crippen molar-refractivity contribution in [3.8, 4) is 5.75 Å². The third-order valence-electron chi connectivity index (χ3n) is 4.94. The van der Waals surface area contributed by atoms with E-state index in [-0.39, 0.29) is 10.8 Å². The van der Waals surface area contributed by atoms with Gasteiger partial charge in [-0.1, -0.05) is 54.2 Å². The maximum Gasteiger partial charge on any atom is 0.233 e. The molecule has 0 radical (unpaired) electrons. The molecule has 0 N–H and O–H groups in total. The van der Waals surface area contributed by atoms with E-state index in [2.05, 4.69) is 60.3 Å². The quantitative estimate of drug-likeness (QED) is 0.602. The fourth-order valence-electron chi connectivity index (χ4n) is 2.94. The summed E-state index contributed by atoms with van der Waals surface area (Å²) in [6, 6.07) is 6.28. The van der Waals surface area contributed by atoms with Gasteiger partial charge in [0.1, 0.15) is 11.5 Å². The Hall–Kier alpha value is -2.00. The van der Waals surface area contributed by atoms with E-state index in [0.717, 1.165) is 28.2 Å². The molecule has 0 aromatic heterocycles. The minimum Gasteiger partial charge on any atom is -0.460 e. The predicted octanol–water partition coefficient (Wildman–Crippen LogP) is 6.18. The zero-order valence-electron chi connectivity index (χ0n) is 17.0. The summed E-state index contributed by atoms with van der Waals surface area (Å²) in [7, 11) is 0. The molecule has 0 aliphatic carbocycles. The Morgan fingerprint density at radius 1 is 1.04 bits per heavy atom. The highest BCUT2D eigenvalue weighted by Crippen LogP contribution is 2.46. The summed E-state index contributed by atoms with van der Waals surface area (Å²) in [5.74, 6) is 1.62. The van der Waals surface area contributed by atoms with E-state index < -0.39 is 12.6 Å². The Morgan fingerprint density at radius 3 is 2.31 bits per heavy atom. The number of ether oxygens (including phenoxy) is 3. The van der Waals surface area contributed by atoms with Crippen LogP contribution in [0.5, 0.6) is 5.75 Å². The second kappa shape index (κ2) is 6.31. The molecule has 3 heteroatoms.